The Hall–Kier alpha value is -1.64. The van der Waals surface area contributed by atoms with Crippen molar-refractivity contribution in [2.75, 3.05) is 0 Å². The first kappa shape index (κ1) is 13.3. The molecular weight excluding hydrogens is 244 g/mol. The molecule has 3 rings (SSSR count). The van der Waals surface area contributed by atoms with Crippen LogP contribution in [0, 0.1) is 5.41 Å². The molecule has 0 fully saturated rings. The van der Waals surface area contributed by atoms with Crippen LogP contribution in [0.5, 0.6) is 0 Å². The number of hydrogen-bond donors (Lipinski definition) is 2. The first-order valence-electron chi connectivity index (χ1n) is 7.07. The highest BCUT2D eigenvalue weighted by Crippen LogP contribution is 2.60. The van der Waals surface area contributed by atoms with Crippen LogP contribution in [0.15, 0.2) is 54.6 Å². The number of nitrogens with two attached hydrogens (primary N) is 2. The molecule has 1 aliphatic carbocycles. The van der Waals surface area contributed by atoms with Gasteiger partial charge in [0.1, 0.15) is 0 Å². The summed E-state index contributed by atoms with van der Waals surface area (Å²) in [6, 6.07) is 18.8. The van der Waals surface area contributed by atoms with E-state index in [1.54, 1.807) is 0 Å². The van der Waals surface area contributed by atoms with Gasteiger partial charge in [0.15, 0.2) is 0 Å². The second kappa shape index (κ2) is 3.94. The van der Waals surface area contributed by atoms with Crippen molar-refractivity contribution >= 4 is 0 Å². The van der Waals surface area contributed by atoms with E-state index in [0.29, 0.717) is 0 Å². The van der Waals surface area contributed by atoms with Crippen LogP contribution in [0.4, 0.5) is 0 Å². The monoisotopic (exact) mass is 266 g/mol. The Labute approximate surface area is 120 Å². The lowest BCUT2D eigenvalue weighted by Gasteiger charge is -2.46. The first-order valence-corrected chi connectivity index (χ1v) is 7.07. The Morgan fingerprint density at radius 2 is 1.20 bits per heavy atom. The molecule has 0 aromatic heterocycles. The zero-order valence-electron chi connectivity index (χ0n) is 12.4. The summed E-state index contributed by atoms with van der Waals surface area (Å²) in [7, 11) is 0. The van der Waals surface area contributed by atoms with Gasteiger partial charge in [0.25, 0.3) is 0 Å². The maximum atomic E-state index is 6.56. The summed E-state index contributed by atoms with van der Waals surface area (Å²) in [5, 5.41) is 0. The molecule has 0 aliphatic heterocycles. The molecule has 1 atom stereocenters. The smallest absolute Gasteiger partial charge is 0.0966 e. The Bertz CT molecular complexity index is 643. The summed E-state index contributed by atoms with van der Waals surface area (Å²) < 4.78 is 0. The summed E-state index contributed by atoms with van der Waals surface area (Å²) >= 11 is 0. The predicted molar refractivity (Wildman–Crippen MR) is 83.2 cm³/mol. The third kappa shape index (κ3) is 1.36. The number of fused-ring (bicyclic) bond motifs is 1. The molecule has 2 aromatic rings. The summed E-state index contributed by atoms with van der Waals surface area (Å²) in [5.74, 6) is 0. The molecule has 0 saturated heterocycles. The van der Waals surface area contributed by atoms with Gasteiger partial charge >= 0.3 is 0 Å². The molecule has 1 aliphatic rings. The molecule has 4 N–H and O–H groups in total. The molecule has 0 bridgehead atoms. The second-order valence-electron chi connectivity index (χ2n) is 6.53. The van der Waals surface area contributed by atoms with Crippen LogP contribution in [0.3, 0.4) is 0 Å². The van der Waals surface area contributed by atoms with E-state index in [-0.39, 0.29) is 10.8 Å². The Kier molecular flexibility index (Phi) is 2.63. The van der Waals surface area contributed by atoms with Crippen molar-refractivity contribution in [2.24, 2.45) is 16.9 Å². The van der Waals surface area contributed by atoms with Crippen LogP contribution in [0.1, 0.15) is 37.5 Å². The summed E-state index contributed by atoms with van der Waals surface area (Å²) in [5.41, 5.74) is 15.3. The lowest BCUT2D eigenvalue weighted by molar-refractivity contribution is 0.120. The highest BCUT2D eigenvalue weighted by molar-refractivity contribution is 5.54. The van der Waals surface area contributed by atoms with Gasteiger partial charge < -0.3 is 11.5 Å². The van der Waals surface area contributed by atoms with Crippen molar-refractivity contribution in [2.45, 2.75) is 31.8 Å². The van der Waals surface area contributed by atoms with Crippen molar-refractivity contribution in [1.82, 2.24) is 0 Å². The SMILES string of the molecule is CC1(c2ccccc2)c2ccccc2C(N)(N)C1(C)C. The van der Waals surface area contributed by atoms with E-state index >= 15 is 0 Å². The van der Waals surface area contributed by atoms with Crippen LogP contribution in [0.25, 0.3) is 0 Å². The van der Waals surface area contributed by atoms with Crippen LogP contribution in [-0.2, 0) is 11.1 Å². The minimum Gasteiger partial charge on any atom is -0.309 e. The van der Waals surface area contributed by atoms with E-state index in [1.807, 2.05) is 12.1 Å². The standard InChI is InChI=1S/C18H22N2/c1-16(2)17(3,13-9-5-4-6-10-13)14-11-7-8-12-15(14)18(16,19)20/h4-12H,19-20H2,1-3H3. The fraction of sp³-hybridized carbons (Fsp3) is 0.333. The zero-order valence-corrected chi connectivity index (χ0v) is 12.4. The molecular formula is C18H22N2. The molecule has 1 unspecified atom stereocenters. The van der Waals surface area contributed by atoms with E-state index in [2.05, 4.69) is 63.2 Å². The van der Waals surface area contributed by atoms with E-state index in [9.17, 15) is 0 Å². The fourth-order valence-electron chi connectivity index (χ4n) is 3.65. The third-order valence-corrected chi connectivity index (χ3v) is 5.55. The highest BCUT2D eigenvalue weighted by atomic mass is 15.0. The molecule has 104 valence electrons. The van der Waals surface area contributed by atoms with Gasteiger partial charge in [-0.05, 0) is 16.7 Å². The second-order valence-corrected chi connectivity index (χ2v) is 6.53. The Morgan fingerprint density at radius 3 is 1.80 bits per heavy atom. The first-order chi connectivity index (χ1) is 9.33. The van der Waals surface area contributed by atoms with Gasteiger partial charge in [-0.2, -0.15) is 0 Å². The van der Waals surface area contributed by atoms with Gasteiger partial charge in [0.05, 0.1) is 5.66 Å². The molecule has 0 saturated carbocycles. The fourth-order valence-corrected chi connectivity index (χ4v) is 3.65. The highest BCUT2D eigenvalue weighted by Gasteiger charge is 2.60. The molecule has 20 heavy (non-hydrogen) atoms. The van der Waals surface area contributed by atoms with Gasteiger partial charge in [-0.1, -0.05) is 75.4 Å². The largest absolute Gasteiger partial charge is 0.309 e. The Balaban J connectivity index is 2.36. The van der Waals surface area contributed by atoms with E-state index < -0.39 is 5.66 Å². The molecule has 2 heteroatoms. The number of benzene rings is 2. The van der Waals surface area contributed by atoms with Gasteiger partial charge in [-0.25, -0.2) is 0 Å². The van der Waals surface area contributed by atoms with E-state index in [1.165, 1.54) is 11.1 Å². The minimum atomic E-state index is -0.839. The van der Waals surface area contributed by atoms with Gasteiger partial charge in [-0.15, -0.1) is 0 Å². The molecule has 0 amide bonds. The zero-order chi connectivity index (χ0) is 14.6. The van der Waals surface area contributed by atoms with Gasteiger partial charge in [0.2, 0.25) is 0 Å². The normalized spacial score (nSPS) is 26.2. The maximum Gasteiger partial charge on any atom is 0.0966 e. The summed E-state index contributed by atoms with van der Waals surface area (Å²) in [6.07, 6.45) is 0. The Morgan fingerprint density at radius 1 is 0.700 bits per heavy atom. The van der Waals surface area contributed by atoms with E-state index in [0.717, 1.165) is 5.56 Å². The van der Waals surface area contributed by atoms with Gasteiger partial charge in [-0.3, -0.25) is 0 Å². The topological polar surface area (TPSA) is 52.0 Å². The van der Waals surface area contributed by atoms with Crippen molar-refractivity contribution < 1.29 is 0 Å². The van der Waals surface area contributed by atoms with Crippen molar-refractivity contribution in [3.05, 3.63) is 71.3 Å². The average molecular weight is 266 g/mol. The van der Waals surface area contributed by atoms with Crippen molar-refractivity contribution in [3.63, 3.8) is 0 Å². The molecule has 0 spiro atoms. The van der Waals surface area contributed by atoms with Crippen molar-refractivity contribution in [3.8, 4) is 0 Å². The lowest BCUT2D eigenvalue weighted by Crippen LogP contribution is -2.59. The minimum absolute atomic E-state index is 0.200. The molecule has 0 heterocycles. The van der Waals surface area contributed by atoms with Gasteiger partial charge in [0, 0.05) is 10.8 Å². The maximum absolute atomic E-state index is 6.56. The van der Waals surface area contributed by atoms with E-state index in [4.69, 9.17) is 11.5 Å². The predicted octanol–water partition coefficient (Wildman–Crippen LogP) is 3.10. The van der Waals surface area contributed by atoms with Crippen LogP contribution in [0.2, 0.25) is 0 Å². The van der Waals surface area contributed by atoms with Crippen LogP contribution in [-0.4, -0.2) is 0 Å². The summed E-state index contributed by atoms with van der Waals surface area (Å²) in [4.78, 5) is 0. The number of rotatable bonds is 1. The number of hydrogen-bond acceptors (Lipinski definition) is 2. The summed E-state index contributed by atoms with van der Waals surface area (Å²) in [6.45, 7) is 6.59. The van der Waals surface area contributed by atoms with Crippen molar-refractivity contribution in [1.29, 1.82) is 0 Å². The third-order valence-electron chi connectivity index (χ3n) is 5.55. The van der Waals surface area contributed by atoms with Crippen LogP contribution >= 0.6 is 0 Å². The molecule has 0 radical (unpaired) electrons. The lowest BCUT2D eigenvalue weighted by atomic mass is 9.60. The molecule has 2 nitrogen and oxygen atoms in total. The quantitative estimate of drug-likeness (QED) is 0.779. The average Bonchev–Trinajstić information content (AvgIpc) is 2.58. The molecule has 2 aromatic carbocycles. The van der Waals surface area contributed by atoms with Crippen LogP contribution < -0.4 is 11.5 Å².